The molecule has 1 unspecified atom stereocenters. The molecule has 2 nitrogen and oxygen atoms in total. The van der Waals surface area contributed by atoms with Gasteiger partial charge in [0.1, 0.15) is 0 Å². The van der Waals surface area contributed by atoms with Crippen molar-refractivity contribution in [2.75, 3.05) is 13.7 Å². The van der Waals surface area contributed by atoms with Crippen LogP contribution in [-0.4, -0.2) is 22.9 Å². The average molecular weight is 187 g/mol. The van der Waals surface area contributed by atoms with Crippen LogP contribution in [0.2, 0.25) is 6.04 Å². The van der Waals surface area contributed by atoms with Crippen molar-refractivity contribution in [2.24, 2.45) is 5.92 Å². The minimum absolute atomic E-state index is 0.973. The van der Waals surface area contributed by atoms with Crippen LogP contribution in [0.1, 0.15) is 32.6 Å². The SMILES string of the molecule is CCN[SiH](CC1CCCC1)OC. The summed E-state index contributed by atoms with van der Waals surface area (Å²) < 4.78 is 5.48. The molecule has 0 saturated heterocycles. The van der Waals surface area contributed by atoms with Gasteiger partial charge in [-0.25, -0.2) is 0 Å². The summed E-state index contributed by atoms with van der Waals surface area (Å²) in [4.78, 5) is 3.48. The van der Waals surface area contributed by atoms with Crippen LogP contribution in [0.5, 0.6) is 0 Å². The Labute approximate surface area is 77.5 Å². The predicted molar refractivity (Wildman–Crippen MR) is 54.6 cm³/mol. The summed E-state index contributed by atoms with van der Waals surface area (Å²) in [6.45, 7) is 3.23. The van der Waals surface area contributed by atoms with E-state index in [1.54, 1.807) is 0 Å². The number of hydrogen-bond acceptors (Lipinski definition) is 2. The van der Waals surface area contributed by atoms with E-state index in [1.165, 1.54) is 31.7 Å². The van der Waals surface area contributed by atoms with Crippen molar-refractivity contribution in [3.8, 4) is 0 Å². The average Bonchev–Trinajstić information content (AvgIpc) is 2.56. The normalized spacial score (nSPS) is 21.5. The van der Waals surface area contributed by atoms with Gasteiger partial charge < -0.3 is 9.41 Å². The van der Waals surface area contributed by atoms with Gasteiger partial charge >= 0.3 is 0 Å². The molecule has 0 aromatic rings. The maximum absolute atomic E-state index is 5.48. The summed E-state index contributed by atoms with van der Waals surface area (Å²) in [5, 5.41) is 0. The third kappa shape index (κ3) is 3.25. The fraction of sp³-hybridized carbons (Fsp3) is 1.00. The van der Waals surface area contributed by atoms with Crippen molar-refractivity contribution >= 4 is 9.20 Å². The van der Waals surface area contributed by atoms with Crippen molar-refractivity contribution < 1.29 is 4.43 Å². The molecule has 3 heteroatoms. The van der Waals surface area contributed by atoms with E-state index in [4.69, 9.17) is 4.43 Å². The minimum Gasteiger partial charge on any atom is -0.409 e. The van der Waals surface area contributed by atoms with Crippen molar-refractivity contribution in [1.29, 1.82) is 0 Å². The maximum atomic E-state index is 5.48. The van der Waals surface area contributed by atoms with Gasteiger partial charge in [-0.05, 0) is 18.5 Å². The van der Waals surface area contributed by atoms with Crippen molar-refractivity contribution in [2.45, 2.75) is 38.7 Å². The topological polar surface area (TPSA) is 21.3 Å². The molecular formula is C9H21NOSi. The van der Waals surface area contributed by atoms with Gasteiger partial charge in [0, 0.05) is 7.11 Å². The molecule has 0 aromatic heterocycles. The molecule has 1 saturated carbocycles. The molecule has 72 valence electrons. The fourth-order valence-corrected chi connectivity index (χ4v) is 4.10. The Kier molecular flexibility index (Phi) is 4.88. The van der Waals surface area contributed by atoms with Gasteiger partial charge in [0.15, 0.2) is 0 Å². The molecule has 1 rings (SSSR count). The quantitative estimate of drug-likeness (QED) is 0.661. The molecule has 1 N–H and O–H groups in total. The Bertz CT molecular complexity index is 115. The summed E-state index contributed by atoms with van der Waals surface area (Å²) >= 11 is 0. The molecule has 12 heavy (non-hydrogen) atoms. The van der Waals surface area contributed by atoms with Crippen LogP contribution >= 0.6 is 0 Å². The monoisotopic (exact) mass is 187 g/mol. The Hall–Kier alpha value is 0.137. The van der Waals surface area contributed by atoms with Gasteiger partial charge in [-0.2, -0.15) is 0 Å². The molecule has 1 aliphatic carbocycles. The van der Waals surface area contributed by atoms with Crippen LogP contribution in [-0.2, 0) is 4.43 Å². The molecule has 0 aromatic carbocycles. The lowest BCUT2D eigenvalue weighted by Crippen LogP contribution is -2.37. The number of hydrogen-bond donors (Lipinski definition) is 1. The third-order valence-corrected chi connectivity index (χ3v) is 5.27. The van der Waals surface area contributed by atoms with E-state index in [9.17, 15) is 0 Å². The van der Waals surface area contributed by atoms with Crippen LogP contribution < -0.4 is 4.98 Å². The second kappa shape index (κ2) is 5.73. The van der Waals surface area contributed by atoms with Gasteiger partial charge in [0.2, 0.25) is 0 Å². The minimum atomic E-state index is -1.02. The first-order chi connectivity index (χ1) is 5.86. The van der Waals surface area contributed by atoms with Gasteiger partial charge in [-0.3, -0.25) is 0 Å². The fourth-order valence-electron chi connectivity index (χ4n) is 2.04. The highest BCUT2D eigenvalue weighted by Crippen LogP contribution is 2.28. The van der Waals surface area contributed by atoms with E-state index >= 15 is 0 Å². The largest absolute Gasteiger partial charge is 0.409 e. The van der Waals surface area contributed by atoms with Crippen molar-refractivity contribution in [3.63, 3.8) is 0 Å². The third-order valence-electron chi connectivity index (χ3n) is 2.74. The van der Waals surface area contributed by atoms with Crippen LogP contribution in [0.15, 0.2) is 0 Å². The zero-order valence-corrected chi connectivity index (χ0v) is 9.46. The van der Waals surface area contributed by atoms with Gasteiger partial charge in [-0.1, -0.05) is 32.6 Å². The second-order valence-electron chi connectivity index (χ2n) is 3.67. The molecule has 0 aliphatic heterocycles. The number of rotatable bonds is 5. The van der Waals surface area contributed by atoms with E-state index in [1.807, 2.05) is 7.11 Å². The standard InChI is InChI=1S/C9H21NOSi/c1-3-10-12(11-2)8-9-6-4-5-7-9/h9-10,12H,3-8H2,1-2H3. The van der Waals surface area contributed by atoms with Gasteiger partial charge in [-0.15, -0.1) is 0 Å². The maximum Gasteiger partial charge on any atom is 0.252 e. The summed E-state index contributed by atoms with van der Waals surface area (Å²) in [7, 11) is 0.840. The van der Waals surface area contributed by atoms with E-state index in [0.717, 1.165) is 12.5 Å². The molecular weight excluding hydrogens is 166 g/mol. The molecule has 1 aliphatic rings. The Morgan fingerprint density at radius 2 is 2.08 bits per heavy atom. The first kappa shape index (κ1) is 10.2. The Balaban J connectivity index is 2.16. The van der Waals surface area contributed by atoms with Crippen LogP contribution in [0.25, 0.3) is 0 Å². The zero-order chi connectivity index (χ0) is 8.81. The lowest BCUT2D eigenvalue weighted by molar-refractivity contribution is 0.394. The second-order valence-corrected chi connectivity index (χ2v) is 6.00. The van der Waals surface area contributed by atoms with Gasteiger partial charge in [0.25, 0.3) is 9.20 Å². The van der Waals surface area contributed by atoms with Crippen LogP contribution in [0.3, 0.4) is 0 Å². The van der Waals surface area contributed by atoms with Crippen molar-refractivity contribution in [3.05, 3.63) is 0 Å². The first-order valence-electron chi connectivity index (χ1n) is 5.13. The van der Waals surface area contributed by atoms with Gasteiger partial charge in [0.05, 0.1) is 0 Å². The van der Waals surface area contributed by atoms with E-state index in [-0.39, 0.29) is 0 Å². The van der Waals surface area contributed by atoms with E-state index < -0.39 is 9.20 Å². The first-order valence-corrected chi connectivity index (χ1v) is 6.99. The Morgan fingerprint density at radius 3 is 2.58 bits per heavy atom. The highest BCUT2D eigenvalue weighted by molar-refractivity contribution is 6.48. The van der Waals surface area contributed by atoms with E-state index in [0.29, 0.717) is 0 Å². The summed E-state index contributed by atoms with van der Waals surface area (Å²) in [5.74, 6) is 0.973. The van der Waals surface area contributed by atoms with Crippen LogP contribution in [0, 0.1) is 5.92 Å². The highest BCUT2D eigenvalue weighted by Gasteiger charge is 2.20. The summed E-state index contributed by atoms with van der Waals surface area (Å²) in [6, 6.07) is 1.34. The number of nitrogens with one attached hydrogen (secondary N) is 1. The summed E-state index contributed by atoms with van der Waals surface area (Å²) in [5.41, 5.74) is 0. The highest BCUT2D eigenvalue weighted by atomic mass is 28.3. The molecule has 1 fully saturated rings. The van der Waals surface area contributed by atoms with E-state index in [2.05, 4.69) is 11.9 Å². The molecule has 0 amide bonds. The smallest absolute Gasteiger partial charge is 0.252 e. The van der Waals surface area contributed by atoms with Crippen LogP contribution in [0.4, 0.5) is 0 Å². The molecule has 0 bridgehead atoms. The predicted octanol–water partition coefficient (Wildman–Crippen LogP) is 1.65. The Morgan fingerprint density at radius 1 is 1.42 bits per heavy atom. The summed E-state index contributed by atoms with van der Waals surface area (Å²) in [6.07, 6.45) is 5.78. The lowest BCUT2D eigenvalue weighted by Gasteiger charge is -2.17. The lowest BCUT2D eigenvalue weighted by atomic mass is 10.1. The molecule has 0 radical (unpaired) electrons. The van der Waals surface area contributed by atoms with Crippen molar-refractivity contribution in [1.82, 2.24) is 4.98 Å². The molecule has 1 atom stereocenters. The zero-order valence-electron chi connectivity index (χ0n) is 8.31. The molecule has 0 heterocycles. The molecule has 0 spiro atoms.